The minimum atomic E-state index is -4.62. The van der Waals surface area contributed by atoms with Crippen molar-refractivity contribution in [2.24, 2.45) is 0 Å². The van der Waals surface area contributed by atoms with Crippen LogP contribution in [0, 0.1) is 5.82 Å². The summed E-state index contributed by atoms with van der Waals surface area (Å²) in [7, 11) is 0. The van der Waals surface area contributed by atoms with Crippen LogP contribution >= 0.6 is 0 Å². The molecule has 0 amide bonds. The minimum Gasteiger partial charge on any atom is -0.317 e. The second-order valence-corrected chi connectivity index (χ2v) is 4.17. The van der Waals surface area contributed by atoms with Gasteiger partial charge in [-0.2, -0.15) is 13.2 Å². The zero-order valence-electron chi connectivity index (χ0n) is 10.3. The summed E-state index contributed by atoms with van der Waals surface area (Å²) in [6.45, 7) is 3.76. The SMILES string of the molecule is CCCNCCCc1ccc(C(F)(F)F)c(F)c1. The normalized spacial score (nSPS) is 11.8. The Bertz CT molecular complexity index is 374. The van der Waals surface area contributed by atoms with E-state index in [9.17, 15) is 17.6 Å². The van der Waals surface area contributed by atoms with Gasteiger partial charge in [0.05, 0.1) is 5.56 Å². The fourth-order valence-corrected chi connectivity index (χ4v) is 1.66. The fourth-order valence-electron chi connectivity index (χ4n) is 1.66. The van der Waals surface area contributed by atoms with Crippen molar-refractivity contribution < 1.29 is 17.6 Å². The van der Waals surface area contributed by atoms with Gasteiger partial charge < -0.3 is 5.32 Å². The number of aryl methyl sites for hydroxylation is 1. The molecule has 5 heteroatoms. The van der Waals surface area contributed by atoms with Gasteiger partial charge in [0, 0.05) is 0 Å². The maximum Gasteiger partial charge on any atom is 0.419 e. The van der Waals surface area contributed by atoms with Gasteiger partial charge in [-0.3, -0.25) is 0 Å². The maximum absolute atomic E-state index is 13.2. The molecule has 0 heterocycles. The monoisotopic (exact) mass is 263 g/mol. The molecule has 0 aromatic heterocycles. The van der Waals surface area contributed by atoms with Crippen molar-refractivity contribution >= 4 is 0 Å². The van der Waals surface area contributed by atoms with Crippen LogP contribution < -0.4 is 5.32 Å². The molecule has 0 fully saturated rings. The number of rotatable bonds is 6. The predicted octanol–water partition coefficient (Wildman–Crippen LogP) is 3.78. The highest BCUT2D eigenvalue weighted by molar-refractivity contribution is 5.26. The third-order valence-electron chi connectivity index (χ3n) is 2.58. The van der Waals surface area contributed by atoms with Gasteiger partial charge in [0.25, 0.3) is 0 Å². The molecule has 1 N–H and O–H groups in total. The zero-order chi connectivity index (χ0) is 13.6. The Morgan fingerprint density at radius 3 is 2.44 bits per heavy atom. The lowest BCUT2D eigenvalue weighted by molar-refractivity contribution is -0.140. The van der Waals surface area contributed by atoms with Crippen molar-refractivity contribution in [3.05, 3.63) is 35.1 Å². The van der Waals surface area contributed by atoms with Crippen molar-refractivity contribution in [1.29, 1.82) is 0 Å². The Morgan fingerprint density at radius 2 is 1.89 bits per heavy atom. The first-order chi connectivity index (χ1) is 8.45. The molecule has 0 saturated carbocycles. The number of hydrogen-bond acceptors (Lipinski definition) is 1. The molecule has 1 aromatic carbocycles. The van der Waals surface area contributed by atoms with Gasteiger partial charge in [-0.25, -0.2) is 4.39 Å². The van der Waals surface area contributed by atoms with Gasteiger partial charge >= 0.3 is 6.18 Å². The third kappa shape index (κ3) is 4.64. The summed E-state index contributed by atoms with van der Waals surface area (Å²) < 4.78 is 50.2. The van der Waals surface area contributed by atoms with Gasteiger partial charge in [-0.05, 0) is 50.0 Å². The topological polar surface area (TPSA) is 12.0 Å². The smallest absolute Gasteiger partial charge is 0.317 e. The molecule has 0 atom stereocenters. The van der Waals surface area contributed by atoms with Crippen molar-refractivity contribution in [1.82, 2.24) is 5.32 Å². The van der Waals surface area contributed by atoms with Crippen LogP contribution in [-0.2, 0) is 12.6 Å². The van der Waals surface area contributed by atoms with Crippen molar-refractivity contribution in [2.75, 3.05) is 13.1 Å². The zero-order valence-corrected chi connectivity index (χ0v) is 10.3. The summed E-state index contributed by atoms with van der Waals surface area (Å²) in [5, 5.41) is 3.18. The third-order valence-corrected chi connectivity index (χ3v) is 2.58. The Kier molecular flexibility index (Phi) is 5.59. The molecule has 18 heavy (non-hydrogen) atoms. The molecule has 1 nitrogen and oxygen atoms in total. The summed E-state index contributed by atoms with van der Waals surface area (Å²) in [6, 6.07) is 3.12. The van der Waals surface area contributed by atoms with E-state index in [0.29, 0.717) is 12.0 Å². The van der Waals surface area contributed by atoms with Crippen LogP contribution in [0.15, 0.2) is 18.2 Å². The molecule has 1 aromatic rings. The second kappa shape index (κ2) is 6.73. The molecule has 0 aliphatic carbocycles. The van der Waals surface area contributed by atoms with Gasteiger partial charge in [0.2, 0.25) is 0 Å². The van der Waals surface area contributed by atoms with Crippen LogP contribution in [0.25, 0.3) is 0 Å². The van der Waals surface area contributed by atoms with E-state index in [4.69, 9.17) is 0 Å². The standard InChI is InChI=1S/C13H17F4N/c1-2-7-18-8-3-4-10-5-6-11(12(14)9-10)13(15,16)17/h5-6,9,18H,2-4,7-8H2,1H3. The number of benzene rings is 1. The first kappa shape index (κ1) is 15.0. The highest BCUT2D eigenvalue weighted by atomic mass is 19.4. The number of halogens is 4. The summed E-state index contributed by atoms with van der Waals surface area (Å²) in [5.41, 5.74) is -0.603. The van der Waals surface area contributed by atoms with Gasteiger partial charge in [-0.15, -0.1) is 0 Å². The molecule has 0 bridgehead atoms. The fraction of sp³-hybridized carbons (Fsp3) is 0.538. The lowest BCUT2D eigenvalue weighted by atomic mass is 10.1. The summed E-state index contributed by atoms with van der Waals surface area (Å²) in [5.74, 6) is -1.19. The molecule has 1 rings (SSSR count). The Balaban J connectivity index is 2.52. The first-order valence-corrected chi connectivity index (χ1v) is 6.01. The van der Waals surface area contributed by atoms with Crippen LogP contribution in [0.4, 0.5) is 17.6 Å². The Hall–Kier alpha value is -1.10. The molecule has 0 unspecified atom stereocenters. The maximum atomic E-state index is 13.2. The molecule has 0 spiro atoms. The summed E-state index contributed by atoms with van der Waals surface area (Å²) in [4.78, 5) is 0. The summed E-state index contributed by atoms with van der Waals surface area (Å²) in [6.07, 6.45) is -2.23. The first-order valence-electron chi connectivity index (χ1n) is 6.01. The van der Waals surface area contributed by atoms with E-state index in [-0.39, 0.29) is 0 Å². The molecular formula is C13H17F4N. The van der Waals surface area contributed by atoms with Gasteiger partial charge in [0.1, 0.15) is 5.82 Å². The molecule has 0 aliphatic rings. The van der Waals surface area contributed by atoms with E-state index in [0.717, 1.165) is 38.1 Å². The van der Waals surface area contributed by atoms with Crippen LogP contribution in [0.1, 0.15) is 30.9 Å². The average molecular weight is 263 g/mol. The lowest BCUT2D eigenvalue weighted by Crippen LogP contribution is -2.16. The van der Waals surface area contributed by atoms with E-state index < -0.39 is 17.6 Å². The van der Waals surface area contributed by atoms with E-state index in [1.165, 1.54) is 6.07 Å². The Labute approximate surface area is 104 Å². The van der Waals surface area contributed by atoms with Gasteiger partial charge in [-0.1, -0.05) is 13.0 Å². The molecule has 0 saturated heterocycles. The van der Waals surface area contributed by atoms with Crippen molar-refractivity contribution in [3.63, 3.8) is 0 Å². The minimum absolute atomic E-state index is 0.575. The van der Waals surface area contributed by atoms with Crippen LogP contribution in [0.2, 0.25) is 0 Å². The predicted molar refractivity (Wildman–Crippen MR) is 62.9 cm³/mol. The lowest BCUT2D eigenvalue weighted by Gasteiger charge is -2.09. The number of hydrogen-bond donors (Lipinski definition) is 1. The second-order valence-electron chi connectivity index (χ2n) is 4.17. The molecule has 102 valence electrons. The van der Waals surface area contributed by atoms with Crippen LogP contribution in [0.5, 0.6) is 0 Å². The van der Waals surface area contributed by atoms with E-state index in [2.05, 4.69) is 12.2 Å². The average Bonchev–Trinajstić information content (AvgIpc) is 2.27. The van der Waals surface area contributed by atoms with Crippen molar-refractivity contribution in [3.8, 4) is 0 Å². The molecule has 0 radical (unpaired) electrons. The van der Waals surface area contributed by atoms with E-state index in [1.54, 1.807) is 0 Å². The van der Waals surface area contributed by atoms with E-state index in [1.807, 2.05) is 0 Å². The molecular weight excluding hydrogens is 246 g/mol. The largest absolute Gasteiger partial charge is 0.419 e. The number of alkyl halides is 3. The van der Waals surface area contributed by atoms with Crippen LogP contribution in [0.3, 0.4) is 0 Å². The molecule has 0 aliphatic heterocycles. The quantitative estimate of drug-likeness (QED) is 0.608. The van der Waals surface area contributed by atoms with Crippen molar-refractivity contribution in [2.45, 2.75) is 32.4 Å². The number of nitrogens with one attached hydrogen (secondary N) is 1. The van der Waals surface area contributed by atoms with E-state index >= 15 is 0 Å². The highest BCUT2D eigenvalue weighted by Gasteiger charge is 2.33. The van der Waals surface area contributed by atoms with Crippen LogP contribution in [-0.4, -0.2) is 13.1 Å². The highest BCUT2D eigenvalue weighted by Crippen LogP contribution is 2.31. The van der Waals surface area contributed by atoms with Gasteiger partial charge in [0.15, 0.2) is 0 Å². The summed E-state index contributed by atoms with van der Waals surface area (Å²) >= 11 is 0. The Morgan fingerprint density at radius 1 is 1.17 bits per heavy atom.